The van der Waals surface area contributed by atoms with E-state index in [1.165, 1.54) is 0 Å². The largest absolute Gasteiger partial charge is 0.289 e. The molecule has 0 atom stereocenters. The van der Waals surface area contributed by atoms with Gasteiger partial charge in [0.2, 0.25) is 0 Å². The monoisotopic (exact) mass is 372 g/mol. The molecule has 2 nitrogen and oxygen atoms in total. The van der Waals surface area contributed by atoms with Crippen molar-refractivity contribution >= 4 is 75.2 Å². The molecule has 0 aliphatic heterocycles. The molecular weight excluding hydrogens is 360 g/mol. The van der Waals surface area contributed by atoms with Crippen LogP contribution in [0.5, 0.6) is 0 Å². The molecule has 4 heteroatoms. The number of hydrogen-bond donors (Lipinski definition) is 0. The Bertz CT molecular complexity index is 1510. The summed E-state index contributed by atoms with van der Waals surface area (Å²) in [6, 6.07) is 12.0. The average molecular weight is 372 g/mol. The van der Waals surface area contributed by atoms with Gasteiger partial charge in [-0.2, -0.15) is 0 Å². The molecule has 0 bridgehead atoms. The Hall–Kier alpha value is -2.56. The van der Waals surface area contributed by atoms with Gasteiger partial charge < -0.3 is 0 Å². The summed E-state index contributed by atoms with van der Waals surface area (Å²) in [5.74, 6) is 0. The van der Waals surface area contributed by atoms with E-state index >= 15 is 0 Å². The number of aryl methyl sites for hydroxylation is 2. The van der Waals surface area contributed by atoms with E-state index in [0.717, 1.165) is 62.2 Å². The standard InChI is InChI=1S/C22H12O2S2/c1-9-7-15-19(23)17-11-4-6-14-18(12(11)3-5-13(17)21(15)25-9)20(24)16-8-10(2)26-22(14)16/h3-8H,1-2H3. The van der Waals surface area contributed by atoms with Gasteiger partial charge in [-0.1, -0.05) is 24.3 Å². The van der Waals surface area contributed by atoms with E-state index in [-0.39, 0.29) is 10.9 Å². The van der Waals surface area contributed by atoms with Gasteiger partial charge in [-0.05, 0) is 36.8 Å². The van der Waals surface area contributed by atoms with Gasteiger partial charge in [-0.25, -0.2) is 0 Å². The quantitative estimate of drug-likeness (QED) is 0.338. The lowest BCUT2D eigenvalue weighted by Crippen LogP contribution is -1.97. The highest BCUT2D eigenvalue weighted by Crippen LogP contribution is 2.39. The van der Waals surface area contributed by atoms with Crippen LogP contribution in [0, 0.1) is 13.8 Å². The fourth-order valence-electron chi connectivity index (χ4n) is 4.31. The van der Waals surface area contributed by atoms with Gasteiger partial charge in [0.05, 0.1) is 0 Å². The normalized spacial score (nSPS) is 12.5. The SMILES string of the molecule is Cc1cc2c(=O)c3c4ccc5c6sc(C)cc6c(=O)c5c4ccc3c2s1. The first-order valence-electron chi connectivity index (χ1n) is 8.45. The molecule has 0 aliphatic carbocycles. The van der Waals surface area contributed by atoms with Gasteiger partial charge in [0, 0.05) is 51.5 Å². The molecule has 0 N–H and O–H groups in total. The third-order valence-electron chi connectivity index (χ3n) is 5.34. The zero-order chi connectivity index (χ0) is 17.7. The zero-order valence-electron chi connectivity index (χ0n) is 14.1. The molecule has 0 unspecified atom stereocenters. The van der Waals surface area contributed by atoms with Crippen molar-refractivity contribution in [3.05, 3.63) is 66.6 Å². The van der Waals surface area contributed by atoms with Crippen LogP contribution in [0.15, 0.2) is 46.0 Å². The number of fused-ring (bicyclic) bond motifs is 9. The van der Waals surface area contributed by atoms with Crippen molar-refractivity contribution < 1.29 is 0 Å². The van der Waals surface area contributed by atoms with Gasteiger partial charge in [0.25, 0.3) is 0 Å². The molecule has 6 aromatic rings. The Morgan fingerprint density at radius 2 is 0.962 bits per heavy atom. The summed E-state index contributed by atoms with van der Waals surface area (Å²) in [6.07, 6.45) is 0. The Kier molecular flexibility index (Phi) is 2.57. The Morgan fingerprint density at radius 1 is 0.577 bits per heavy atom. The molecule has 0 saturated carbocycles. The number of hydrogen-bond acceptors (Lipinski definition) is 4. The van der Waals surface area contributed by atoms with Crippen LogP contribution in [-0.2, 0) is 0 Å². The van der Waals surface area contributed by atoms with E-state index in [0.29, 0.717) is 0 Å². The lowest BCUT2D eigenvalue weighted by Gasteiger charge is -2.02. The Balaban J connectivity index is 1.91. The maximum atomic E-state index is 13.0. The zero-order valence-corrected chi connectivity index (χ0v) is 15.7. The molecule has 0 fully saturated rings. The van der Waals surface area contributed by atoms with E-state index in [1.54, 1.807) is 22.7 Å². The van der Waals surface area contributed by atoms with Crippen molar-refractivity contribution in [2.24, 2.45) is 0 Å². The van der Waals surface area contributed by atoms with Crippen molar-refractivity contribution in [1.29, 1.82) is 0 Å². The number of thiophene rings is 2. The third-order valence-corrected chi connectivity index (χ3v) is 7.51. The molecule has 2 heterocycles. The van der Waals surface area contributed by atoms with Crippen molar-refractivity contribution in [3.63, 3.8) is 0 Å². The van der Waals surface area contributed by atoms with E-state index in [1.807, 2.05) is 50.2 Å². The summed E-state index contributed by atoms with van der Waals surface area (Å²) in [5, 5.41) is 6.92. The highest BCUT2D eigenvalue weighted by Gasteiger charge is 2.19. The minimum Gasteiger partial charge on any atom is -0.289 e. The summed E-state index contributed by atoms with van der Waals surface area (Å²) >= 11 is 3.33. The molecular formula is C22H12O2S2. The van der Waals surface area contributed by atoms with Gasteiger partial charge in [-0.3, -0.25) is 9.59 Å². The molecule has 0 aliphatic rings. The van der Waals surface area contributed by atoms with Crippen LogP contribution < -0.4 is 10.9 Å². The maximum absolute atomic E-state index is 13.0. The van der Waals surface area contributed by atoms with Crippen LogP contribution in [0.1, 0.15) is 9.75 Å². The topological polar surface area (TPSA) is 34.1 Å². The van der Waals surface area contributed by atoms with E-state index in [4.69, 9.17) is 0 Å². The second-order valence-corrected chi connectivity index (χ2v) is 9.44. The number of rotatable bonds is 0. The van der Waals surface area contributed by atoms with Crippen LogP contribution >= 0.6 is 22.7 Å². The molecule has 0 radical (unpaired) electrons. The average Bonchev–Trinajstić information content (AvgIpc) is 3.31. The van der Waals surface area contributed by atoms with E-state index in [2.05, 4.69) is 0 Å². The number of benzene rings is 2. The Labute approximate surface area is 155 Å². The van der Waals surface area contributed by atoms with Crippen LogP contribution in [-0.4, -0.2) is 0 Å². The molecule has 4 aromatic carbocycles. The summed E-state index contributed by atoms with van der Waals surface area (Å²) in [4.78, 5) is 28.4. The fourth-order valence-corrected chi connectivity index (χ4v) is 6.39. The first-order chi connectivity index (χ1) is 12.5. The van der Waals surface area contributed by atoms with Crippen LogP contribution in [0.2, 0.25) is 0 Å². The summed E-state index contributed by atoms with van der Waals surface area (Å²) in [5.41, 5.74) is 0.168. The molecule has 0 spiro atoms. The molecule has 124 valence electrons. The molecule has 2 aromatic heterocycles. The first kappa shape index (κ1) is 14.6. The molecule has 26 heavy (non-hydrogen) atoms. The summed E-state index contributed by atoms with van der Waals surface area (Å²) in [7, 11) is 0. The van der Waals surface area contributed by atoms with Gasteiger partial charge in [0.15, 0.2) is 10.9 Å². The third kappa shape index (κ3) is 1.57. The van der Waals surface area contributed by atoms with Gasteiger partial charge in [0.1, 0.15) is 0 Å². The van der Waals surface area contributed by atoms with Crippen molar-refractivity contribution in [1.82, 2.24) is 0 Å². The predicted octanol–water partition coefficient (Wildman–Crippen LogP) is 5.79. The van der Waals surface area contributed by atoms with E-state index in [9.17, 15) is 9.59 Å². The van der Waals surface area contributed by atoms with Crippen molar-refractivity contribution in [2.45, 2.75) is 13.8 Å². The smallest absolute Gasteiger partial charge is 0.195 e. The minimum atomic E-state index is 0.0842. The first-order valence-corrected chi connectivity index (χ1v) is 10.1. The van der Waals surface area contributed by atoms with Crippen LogP contribution in [0.4, 0.5) is 0 Å². The summed E-state index contributed by atoms with van der Waals surface area (Å²) < 4.78 is 2.12. The molecule has 0 amide bonds. The van der Waals surface area contributed by atoms with E-state index < -0.39 is 0 Å². The minimum absolute atomic E-state index is 0.0842. The highest BCUT2D eigenvalue weighted by molar-refractivity contribution is 7.20. The lowest BCUT2D eigenvalue weighted by molar-refractivity contribution is 1.65. The second-order valence-electron chi connectivity index (χ2n) is 6.93. The van der Waals surface area contributed by atoms with Gasteiger partial charge in [-0.15, -0.1) is 22.7 Å². The Morgan fingerprint density at radius 3 is 1.38 bits per heavy atom. The molecule has 0 saturated heterocycles. The lowest BCUT2D eigenvalue weighted by atomic mass is 10.0. The van der Waals surface area contributed by atoms with Crippen molar-refractivity contribution in [2.75, 3.05) is 0 Å². The predicted molar refractivity (Wildman–Crippen MR) is 114 cm³/mol. The summed E-state index contributed by atoms with van der Waals surface area (Å²) in [6.45, 7) is 4.06. The maximum Gasteiger partial charge on any atom is 0.195 e. The van der Waals surface area contributed by atoms with Crippen molar-refractivity contribution in [3.8, 4) is 0 Å². The second kappa shape index (κ2) is 4.58. The molecule has 6 rings (SSSR count). The highest BCUT2D eigenvalue weighted by atomic mass is 32.1. The van der Waals surface area contributed by atoms with Gasteiger partial charge >= 0.3 is 0 Å². The van der Waals surface area contributed by atoms with Crippen LogP contribution in [0.25, 0.3) is 52.5 Å². The van der Waals surface area contributed by atoms with Crippen LogP contribution in [0.3, 0.4) is 0 Å². The fraction of sp³-hybridized carbons (Fsp3) is 0.0909.